The normalized spacial score (nSPS) is 10.3. The van der Waals surface area contributed by atoms with Crippen molar-refractivity contribution < 1.29 is 4.79 Å². The molecule has 0 aliphatic carbocycles. The third-order valence-electron chi connectivity index (χ3n) is 2.39. The molecule has 88 valence electrons. The number of thiazole rings is 1. The monoisotopic (exact) mass is 246 g/mol. The molecule has 0 radical (unpaired) electrons. The van der Waals surface area contributed by atoms with E-state index in [0.29, 0.717) is 5.13 Å². The molecule has 0 saturated carbocycles. The summed E-state index contributed by atoms with van der Waals surface area (Å²) in [6.07, 6.45) is 0. The molecule has 1 amide bonds. The molecule has 0 atom stereocenters. The number of nitrogens with zero attached hydrogens (tertiary/aromatic N) is 1. The van der Waals surface area contributed by atoms with Gasteiger partial charge in [-0.3, -0.25) is 4.79 Å². The van der Waals surface area contributed by atoms with Gasteiger partial charge in [0.25, 0.3) is 0 Å². The number of nitrogens with one attached hydrogen (secondary N) is 1. The van der Waals surface area contributed by atoms with Crippen molar-refractivity contribution in [2.24, 2.45) is 0 Å². The smallest absolute Gasteiger partial charge is 0.223 e. The lowest BCUT2D eigenvalue weighted by Crippen LogP contribution is -2.04. The minimum absolute atomic E-state index is 0.0887. The van der Waals surface area contributed by atoms with Crippen molar-refractivity contribution >= 4 is 22.4 Å². The number of anilines is 1. The number of aromatic nitrogens is 1. The zero-order valence-electron chi connectivity index (χ0n) is 10.1. The van der Waals surface area contributed by atoms with Crippen molar-refractivity contribution in [1.82, 2.24) is 4.98 Å². The second-order valence-corrected chi connectivity index (χ2v) is 4.98. The van der Waals surface area contributed by atoms with E-state index in [9.17, 15) is 4.79 Å². The first-order valence-electron chi connectivity index (χ1n) is 5.38. The number of amides is 1. The van der Waals surface area contributed by atoms with Crippen LogP contribution in [0.1, 0.15) is 18.2 Å². The van der Waals surface area contributed by atoms with E-state index in [0.717, 1.165) is 16.1 Å². The van der Waals surface area contributed by atoms with E-state index < -0.39 is 0 Å². The number of carbonyl (C=O) groups is 1. The van der Waals surface area contributed by atoms with Crippen molar-refractivity contribution in [2.45, 2.75) is 20.8 Å². The van der Waals surface area contributed by atoms with Crippen LogP contribution in [-0.2, 0) is 4.79 Å². The Morgan fingerprint density at radius 2 is 1.88 bits per heavy atom. The molecule has 17 heavy (non-hydrogen) atoms. The number of hydrogen-bond acceptors (Lipinski definition) is 3. The molecule has 0 bridgehead atoms. The van der Waals surface area contributed by atoms with Crippen LogP contribution in [0.25, 0.3) is 10.4 Å². The van der Waals surface area contributed by atoms with Crippen LogP contribution < -0.4 is 5.32 Å². The van der Waals surface area contributed by atoms with Gasteiger partial charge in [0.1, 0.15) is 0 Å². The Bertz CT molecular complexity index is 543. The summed E-state index contributed by atoms with van der Waals surface area (Å²) in [5, 5.41) is 3.37. The lowest BCUT2D eigenvalue weighted by Gasteiger charge is -1.98. The standard InChI is InChI=1S/C13H14N2OS/c1-8-4-6-11(7-5-8)12-9(2)14-13(17-12)15-10(3)16/h4-7H,1-3H3,(H,14,15,16). The fraction of sp³-hybridized carbons (Fsp3) is 0.231. The molecule has 1 N–H and O–H groups in total. The van der Waals surface area contributed by atoms with Crippen molar-refractivity contribution in [3.8, 4) is 10.4 Å². The Kier molecular flexibility index (Phi) is 3.24. The molecule has 1 aromatic carbocycles. The van der Waals surface area contributed by atoms with E-state index >= 15 is 0 Å². The summed E-state index contributed by atoms with van der Waals surface area (Å²) in [5.74, 6) is -0.0887. The van der Waals surface area contributed by atoms with Crippen molar-refractivity contribution in [1.29, 1.82) is 0 Å². The Morgan fingerprint density at radius 1 is 1.24 bits per heavy atom. The zero-order chi connectivity index (χ0) is 12.4. The molecule has 0 unspecified atom stereocenters. The van der Waals surface area contributed by atoms with Gasteiger partial charge in [-0.1, -0.05) is 41.2 Å². The molecule has 0 aliphatic rings. The second-order valence-electron chi connectivity index (χ2n) is 3.98. The van der Waals surface area contributed by atoms with Gasteiger partial charge in [0, 0.05) is 6.92 Å². The van der Waals surface area contributed by atoms with Gasteiger partial charge in [-0.05, 0) is 19.4 Å². The molecule has 0 aliphatic heterocycles. The third kappa shape index (κ3) is 2.71. The van der Waals surface area contributed by atoms with Crippen LogP contribution in [-0.4, -0.2) is 10.9 Å². The Hall–Kier alpha value is -1.68. The van der Waals surface area contributed by atoms with Gasteiger partial charge in [-0.15, -0.1) is 0 Å². The van der Waals surface area contributed by atoms with E-state index in [2.05, 4.69) is 41.5 Å². The first-order valence-corrected chi connectivity index (χ1v) is 6.20. The highest BCUT2D eigenvalue weighted by atomic mass is 32.1. The van der Waals surface area contributed by atoms with E-state index in [-0.39, 0.29) is 5.91 Å². The highest BCUT2D eigenvalue weighted by Crippen LogP contribution is 2.32. The van der Waals surface area contributed by atoms with Gasteiger partial charge in [-0.2, -0.15) is 0 Å². The zero-order valence-corrected chi connectivity index (χ0v) is 10.9. The van der Waals surface area contributed by atoms with Crippen LogP contribution in [0.15, 0.2) is 24.3 Å². The number of rotatable bonds is 2. The lowest BCUT2D eigenvalue weighted by molar-refractivity contribution is -0.114. The summed E-state index contributed by atoms with van der Waals surface area (Å²) in [5.41, 5.74) is 3.32. The van der Waals surface area contributed by atoms with E-state index in [1.54, 1.807) is 0 Å². The Balaban J connectivity index is 2.35. The Morgan fingerprint density at radius 3 is 2.47 bits per heavy atom. The average molecular weight is 246 g/mol. The molecule has 1 aromatic heterocycles. The quantitative estimate of drug-likeness (QED) is 0.882. The summed E-state index contributed by atoms with van der Waals surface area (Å²) >= 11 is 1.50. The SMILES string of the molecule is CC(=O)Nc1nc(C)c(-c2ccc(C)cc2)s1. The number of hydrogen-bond donors (Lipinski definition) is 1. The summed E-state index contributed by atoms with van der Waals surface area (Å²) in [6.45, 7) is 5.51. The van der Waals surface area contributed by atoms with Gasteiger partial charge in [0.15, 0.2) is 5.13 Å². The van der Waals surface area contributed by atoms with E-state index in [4.69, 9.17) is 0 Å². The van der Waals surface area contributed by atoms with Crippen molar-refractivity contribution in [3.05, 3.63) is 35.5 Å². The highest BCUT2D eigenvalue weighted by molar-refractivity contribution is 7.19. The first-order chi connectivity index (χ1) is 8.06. The minimum atomic E-state index is -0.0887. The molecule has 0 saturated heterocycles. The number of carbonyl (C=O) groups excluding carboxylic acids is 1. The van der Waals surface area contributed by atoms with Crippen molar-refractivity contribution in [2.75, 3.05) is 5.32 Å². The Labute approximate surface area is 105 Å². The summed E-state index contributed by atoms with van der Waals surface area (Å²) in [7, 11) is 0. The van der Waals surface area contributed by atoms with Crippen molar-refractivity contribution in [3.63, 3.8) is 0 Å². The summed E-state index contributed by atoms with van der Waals surface area (Å²) < 4.78 is 0. The van der Waals surface area contributed by atoms with Gasteiger partial charge < -0.3 is 5.32 Å². The molecule has 2 aromatic rings. The fourth-order valence-corrected chi connectivity index (χ4v) is 2.59. The topological polar surface area (TPSA) is 42.0 Å². The maximum Gasteiger partial charge on any atom is 0.223 e. The van der Waals surface area contributed by atoms with Gasteiger partial charge in [0.05, 0.1) is 10.6 Å². The molecule has 0 fully saturated rings. The first kappa shape index (κ1) is 11.8. The predicted octanol–water partition coefficient (Wildman–Crippen LogP) is 3.39. The van der Waals surface area contributed by atoms with E-state index in [1.165, 1.54) is 23.8 Å². The van der Waals surface area contributed by atoms with E-state index in [1.807, 2.05) is 6.92 Å². The van der Waals surface area contributed by atoms with Crippen LogP contribution in [0.4, 0.5) is 5.13 Å². The van der Waals surface area contributed by atoms with Gasteiger partial charge in [0.2, 0.25) is 5.91 Å². The third-order valence-corrected chi connectivity index (χ3v) is 3.52. The van der Waals surface area contributed by atoms with Crippen LogP contribution in [0.3, 0.4) is 0 Å². The second kappa shape index (κ2) is 4.67. The molecule has 3 nitrogen and oxygen atoms in total. The largest absolute Gasteiger partial charge is 0.302 e. The molecule has 4 heteroatoms. The number of aryl methyl sites for hydroxylation is 2. The molecule has 0 spiro atoms. The fourth-order valence-electron chi connectivity index (χ4n) is 1.57. The molecular formula is C13H14N2OS. The molecule has 1 heterocycles. The maximum atomic E-state index is 11.0. The maximum absolute atomic E-state index is 11.0. The average Bonchev–Trinajstić information content (AvgIpc) is 2.59. The molecular weight excluding hydrogens is 232 g/mol. The predicted molar refractivity (Wildman–Crippen MR) is 71.3 cm³/mol. The summed E-state index contributed by atoms with van der Waals surface area (Å²) in [6, 6.07) is 8.31. The number of benzene rings is 1. The van der Waals surface area contributed by atoms with Crippen LogP contribution in [0.2, 0.25) is 0 Å². The van der Waals surface area contributed by atoms with Gasteiger partial charge >= 0.3 is 0 Å². The van der Waals surface area contributed by atoms with Gasteiger partial charge in [-0.25, -0.2) is 4.98 Å². The summed E-state index contributed by atoms with van der Waals surface area (Å²) in [4.78, 5) is 16.4. The highest BCUT2D eigenvalue weighted by Gasteiger charge is 2.10. The lowest BCUT2D eigenvalue weighted by atomic mass is 10.1. The molecule has 2 rings (SSSR count). The van der Waals surface area contributed by atoms with Crippen LogP contribution in [0, 0.1) is 13.8 Å². The minimum Gasteiger partial charge on any atom is -0.302 e. The van der Waals surface area contributed by atoms with Crippen LogP contribution >= 0.6 is 11.3 Å². The van der Waals surface area contributed by atoms with Crippen LogP contribution in [0.5, 0.6) is 0 Å².